The Hall–Kier alpha value is -2.42. The maximum absolute atomic E-state index is 12.5. The molecule has 0 unspecified atom stereocenters. The van der Waals surface area contributed by atoms with Crippen LogP contribution in [0.15, 0.2) is 27.8 Å². The summed E-state index contributed by atoms with van der Waals surface area (Å²) in [6, 6.07) is 2.71. The number of carbonyl (C=O) groups excluding carboxylic acids is 1. The number of hydrogen-bond acceptors (Lipinski definition) is 10. The first kappa shape index (κ1) is 24.2. The zero-order chi connectivity index (χ0) is 23.8. The third-order valence-corrected chi connectivity index (χ3v) is 7.80. The van der Waals surface area contributed by atoms with E-state index < -0.39 is 25.9 Å². The van der Waals surface area contributed by atoms with Gasteiger partial charge in [-0.2, -0.15) is 18.4 Å². The largest absolute Gasteiger partial charge is 0.490 e. The molecule has 0 fully saturated rings. The summed E-state index contributed by atoms with van der Waals surface area (Å²) in [7, 11) is -7.53. The van der Waals surface area contributed by atoms with Crippen molar-refractivity contribution in [3.05, 3.63) is 28.3 Å². The van der Waals surface area contributed by atoms with Crippen LogP contribution < -0.4 is 8.92 Å². The van der Waals surface area contributed by atoms with Crippen LogP contribution >= 0.6 is 23.4 Å². The van der Waals surface area contributed by atoms with Gasteiger partial charge in [0.25, 0.3) is 5.91 Å². The average molecular weight is 521 g/mol. The second-order valence-corrected chi connectivity index (χ2v) is 11.7. The maximum atomic E-state index is 12.5. The molecule has 2 aliphatic heterocycles. The van der Waals surface area contributed by atoms with Crippen molar-refractivity contribution in [1.82, 2.24) is 5.01 Å². The smallest absolute Gasteiger partial charge is 0.306 e. The lowest BCUT2D eigenvalue weighted by molar-refractivity contribution is -0.114. The second kappa shape index (κ2) is 8.84. The number of ether oxygens (including phenoxy) is 1. The molecule has 0 aliphatic carbocycles. The number of amidine groups is 2. The molecule has 11 nitrogen and oxygen atoms in total. The molecule has 172 valence electrons. The van der Waals surface area contributed by atoms with Crippen molar-refractivity contribution in [3.63, 3.8) is 0 Å². The fourth-order valence-corrected chi connectivity index (χ4v) is 5.50. The third kappa shape index (κ3) is 4.98. The van der Waals surface area contributed by atoms with E-state index in [9.17, 15) is 21.6 Å². The zero-order valence-electron chi connectivity index (χ0n) is 16.9. The average Bonchev–Trinajstić information content (AvgIpc) is 3.12. The molecule has 0 bridgehead atoms. The van der Waals surface area contributed by atoms with Crippen molar-refractivity contribution >= 4 is 70.7 Å². The van der Waals surface area contributed by atoms with Crippen LogP contribution in [0.4, 0.5) is 0 Å². The Morgan fingerprint density at radius 2 is 1.94 bits per heavy atom. The highest BCUT2D eigenvalue weighted by atomic mass is 35.5. The van der Waals surface area contributed by atoms with Gasteiger partial charge in [-0.3, -0.25) is 10.2 Å². The van der Waals surface area contributed by atoms with E-state index in [4.69, 9.17) is 25.9 Å². The van der Waals surface area contributed by atoms with Gasteiger partial charge in [-0.15, -0.1) is 5.10 Å². The van der Waals surface area contributed by atoms with Gasteiger partial charge in [0.1, 0.15) is 0 Å². The van der Waals surface area contributed by atoms with E-state index in [-0.39, 0.29) is 49.8 Å². The van der Waals surface area contributed by atoms with E-state index in [1.807, 2.05) is 0 Å². The van der Waals surface area contributed by atoms with E-state index >= 15 is 0 Å². The van der Waals surface area contributed by atoms with Gasteiger partial charge in [0.2, 0.25) is 25.1 Å². The number of hydrogen-bond donors (Lipinski definition) is 1. The van der Waals surface area contributed by atoms with Gasteiger partial charge in [-0.25, -0.2) is 8.42 Å². The minimum absolute atomic E-state index is 0.0160. The molecule has 0 spiro atoms. The first-order valence-electron chi connectivity index (χ1n) is 8.95. The molecular formula is C17H17ClN4O7S3. The minimum Gasteiger partial charge on any atom is -0.490 e. The van der Waals surface area contributed by atoms with Gasteiger partial charge in [-0.1, -0.05) is 18.5 Å². The van der Waals surface area contributed by atoms with E-state index in [1.165, 1.54) is 25.1 Å². The topological polar surface area (TPSA) is 156 Å². The fraction of sp³-hybridized carbons (Fsp3) is 0.294. The number of nitrogens with zero attached hydrogens (tertiary/aromatic N) is 3. The quantitative estimate of drug-likeness (QED) is 0.438. The highest BCUT2D eigenvalue weighted by molar-refractivity contribution is 8.42. The summed E-state index contributed by atoms with van der Waals surface area (Å²) in [5, 5.41) is 13.1. The standard InChI is InChI=1S/C17H17ClN4O7S3/c1-4-28-12-8-9(7-11(18)13(12)29-31(3,24)25)6-10-14(19)22-16(20-15(10)23)30-17(21-22)32(26,27)5-2/h6-8,19H,4-5H2,1-3H3/b10-6-,19-14?. The van der Waals surface area contributed by atoms with Crippen LogP contribution in [0.1, 0.15) is 19.4 Å². The van der Waals surface area contributed by atoms with Gasteiger partial charge in [0.15, 0.2) is 11.6 Å². The summed E-state index contributed by atoms with van der Waals surface area (Å²) in [5.74, 6) is -1.53. The predicted molar refractivity (Wildman–Crippen MR) is 123 cm³/mol. The number of carbonyl (C=O) groups is 1. The number of benzene rings is 1. The monoisotopic (exact) mass is 520 g/mol. The van der Waals surface area contributed by atoms with Gasteiger partial charge in [0.05, 0.1) is 29.2 Å². The lowest BCUT2D eigenvalue weighted by atomic mass is 10.1. The van der Waals surface area contributed by atoms with Gasteiger partial charge < -0.3 is 8.92 Å². The number of nitrogens with one attached hydrogen (secondary N) is 1. The molecule has 1 N–H and O–H groups in total. The molecule has 3 rings (SSSR count). The molecule has 0 saturated heterocycles. The minimum atomic E-state index is -3.89. The Morgan fingerprint density at radius 3 is 2.53 bits per heavy atom. The van der Waals surface area contributed by atoms with E-state index in [0.29, 0.717) is 17.3 Å². The molecule has 2 heterocycles. The molecular weight excluding hydrogens is 504 g/mol. The molecule has 0 atom stereocenters. The molecule has 15 heteroatoms. The van der Waals surface area contributed by atoms with Gasteiger partial charge in [0, 0.05) is 0 Å². The van der Waals surface area contributed by atoms with Crippen LogP contribution in [-0.2, 0) is 24.7 Å². The molecule has 32 heavy (non-hydrogen) atoms. The number of rotatable bonds is 6. The van der Waals surface area contributed by atoms with Gasteiger partial charge in [-0.05, 0) is 42.5 Å². The summed E-state index contributed by atoms with van der Waals surface area (Å²) >= 11 is 6.87. The first-order valence-corrected chi connectivity index (χ1v) is 13.6. The van der Waals surface area contributed by atoms with Crippen LogP contribution in [-0.4, -0.2) is 61.7 Å². The van der Waals surface area contributed by atoms with E-state index in [0.717, 1.165) is 11.3 Å². The van der Waals surface area contributed by atoms with Crippen molar-refractivity contribution in [2.75, 3.05) is 18.6 Å². The van der Waals surface area contributed by atoms with E-state index in [2.05, 4.69) is 10.1 Å². The molecule has 0 radical (unpaired) electrons. The number of thioether (sulfide) groups is 1. The zero-order valence-corrected chi connectivity index (χ0v) is 20.2. The van der Waals surface area contributed by atoms with Crippen molar-refractivity contribution in [3.8, 4) is 11.5 Å². The SMILES string of the molecule is CCOc1cc(/C=C2/C(=N)N3N=C(S(=O)(=O)CC)SC3=NC2=O)cc(Cl)c1OS(C)(=O)=O. The summed E-state index contributed by atoms with van der Waals surface area (Å²) in [4.78, 5) is 16.4. The molecule has 1 amide bonds. The Kier molecular flexibility index (Phi) is 6.70. The number of aliphatic imine (C=N–C) groups is 1. The number of fused-ring (bicyclic) bond motifs is 1. The fourth-order valence-electron chi connectivity index (χ4n) is 2.56. The van der Waals surface area contributed by atoms with Crippen LogP contribution in [0, 0.1) is 5.41 Å². The summed E-state index contributed by atoms with van der Waals surface area (Å²) in [6.45, 7) is 3.30. The third-order valence-electron chi connectivity index (χ3n) is 3.96. The molecule has 1 aromatic carbocycles. The lowest BCUT2D eigenvalue weighted by Gasteiger charge is -2.20. The van der Waals surface area contributed by atoms with Crippen LogP contribution in [0.25, 0.3) is 6.08 Å². The maximum Gasteiger partial charge on any atom is 0.306 e. The van der Waals surface area contributed by atoms with Crippen molar-refractivity contribution in [1.29, 1.82) is 5.41 Å². The van der Waals surface area contributed by atoms with Crippen LogP contribution in [0.3, 0.4) is 0 Å². The summed E-state index contributed by atoms with van der Waals surface area (Å²) < 4.78 is 57.3. The van der Waals surface area contributed by atoms with E-state index in [1.54, 1.807) is 6.92 Å². The Balaban J connectivity index is 2.04. The Morgan fingerprint density at radius 1 is 1.25 bits per heavy atom. The van der Waals surface area contributed by atoms with Gasteiger partial charge >= 0.3 is 10.1 Å². The van der Waals surface area contributed by atoms with Crippen LogP contribution in [0.2, 0.25) is 5.02 Å². The van der Waals surface area contributed by atoms with Crippen molar-refractivity contribution in [2.24, 2.45) is 10.1 Å². The lowest BCUT2D eigenvalue weighted by Crippen LogP contribution is -2.35. The number of sulfone groups is 1. The number of hydrazone groups is 1. The highest BCUT2D eigenvalue weighted by Crippen LogP contribution is 2.38. The molecule has 1 aromatic rings. The van der Waals surface area contributed by atoms with Crippen molar-refractivity contribution < 1.29 is 30.6 Å². The summed E-state index contributed by atoms with van der Waals surface area (Å²) in [6.07, 6.45) is 2.14. The summed E-state index contributed by atoms with van der Waals surface area (Å²) in [5.41, 5.74) is 0.117. The molecule has 0 saturated carbocycles. The number of halogens is 1. The Bertz CT molecular complexity index is 1320. The predicted octanol–water partition coefficient (Wildman–Crippen LogP) is 2.09. The normalized spacial score (nSPS) is 17.9. The molecule has 0 aromatic heterocycles. The second-order valence-electron chi connectivity index (χ2n) is 6.34. The number of amides is 1. The first-order chi connectivity index (χ1) is 14.9. The highest BCUT2D eigenvalue weighted by Gasteiger charge is 2.39. The van der Waals surface area contributed by atoms with Crippen LogP contribution in [0.5, 0.6) is 11.5 Å². The Labute approximate surface area is 193 Å². The molecule has 2 aliphatic rings. The van der Waals surface area contributed by atoms with Crippen molar-refractivity contribution in [2.45, 2.75) is 13.8 Å².